The van der Waals surface area contributed by atoms with Crippen LogP contribution in [0.1, 0.15) is 11.6 Å². The molecule has 22 heavy (non-hydrogen) atoms. The largest absolute Gasteiger partial charge is 0.343 e. The Kier molecular flexibility index (Phi) is 4.58. The van der Waals surface area contributed by atoms with Crippen molar-refractivity contribution in [2.45, 2.75) is 10.9 Å². The maximum Gasteiger partial charge on any atom is 0.243 e. The highest BCUT2D eigenvalue weighted by molar-refractivity contribution is 7.91. The lowest BCUT2D eigenvalue weighted by Crippen LogP contribution is -2.40. The van der Waals surface area contributed by atoms with Crippen LogP contribution in [0.15, 0.2) is 35.7 Å². The van der Waals surface area contributed by atoms with E-state index in [1.165, 1.54) is 24.1 Å². The molecule has 2 rings (SSSR count). The van der Waals surface area contributed by atoms with Gasteiger partial charge in [-0.1, -0.05) is 18.2 Å². The second-order valence-corrected chi connectivity index (χ2v) is 7.35. The molecule has 1 aromatic carbocycles. The molecule has 0 bridgehead atoms. The molecule has 1 N–H and O–H groups in total. The summed E-state index contributed by atoms with van der Waals surface area (Å²) in [4.78, 5) is 24.7. The maximum atomic E-state index is 12.2. The molecule has 0 saturated carbocycles. The number of carbonyl (C=O) groups excluding carboxylic acids is 2. The normalized spacial score (nSPS) is 18.4. The molecule has 2 amide bonds. The molecule has 0 fully saturated rings. The molecule has 118 valence electrons. The van der Waals surface area contributed by atoms with E-state index in [-0.39, 0.29) is 17.2 Å². The van der Waals surface area contributed by atoms with Gasteiger partial charge >= 0.3 is 0 Å². The Bertz CT molecular complexity index is 745. The van der Waals surface area contributed by atoms with Gasteiger partial charge in [-0.3, -0.25) is 9.59 Å². The van der Waals surface area contributed by atoms with Crippen LogP contribution in [0, 0.1) is 0 Å². The zero-order chi connectivity index (χ0) is 16.5. The Morgan fingerprint density at radius 1 is 1.50 bits per heavy atom. The quantitative estimate of drug-likeness (QED) is 0.825. The summed E-state index contributed by atoms with van der Waals surface area (Å²) in [5, 5.41) is 2.77. The number of sulfone groups is 1. The predicted octanol–water partition coefficient (Wildman–Crippen LogP) is 0.929. The molecule has 1 unspecified atom stereocenters. The SMILES string of the molecule is C=CC(=O)NCC(=O)N(C)C1CS(=O)(=O)c2ccc(Cl)cc21. The third-order valence-corrected chi connectivity index (χ3v) is 5.53. The second-order valence-electron chi connectivity index (χ2n) is 4.91. The monoisotopic (exact) mass is 342 g/mol. The minimum Gasteiger partial charge on any atom is -0.343 e. The van der Waals surface area contributed by atoms with E-state index < -0.39 is 27.7 Å². The van der Waals surface area contributed by atoms with Crippen molar-refractivity contribution in [2.75, 3.05) is 19.3 Å². The van der Waals surface area contributed by atoms with E-state index in [1.807, 2.05) is 0 Å². The number of carbonyl (C=O) groups is 2. The van der Waals surface area contributed by atoms with Crippen molar-refractivity contribution in [2.24, 2.45) is 0 Å². The number of likely N-dealkylation sites (N-methyl/N-ethyl adjacent to an activating group) is 1. The summed E-state index contributed by atoms with van der Waals surface area (Å²) in [5.74, 6) is -1.06. The number of halogens is 1. The molecule has 0 saturated heterocycles. The van der Waals surface area contributed by atoms with E-state index in [0.717, 1.165) is 6.08 Å². The Balaban J connectivity index is 2.24. The average molecular weight is 343 g/mol. The summed E-state index contributed by atoms with van der Waals surface area (Å²) < 4.78 is 24.3. The molecule has 1 aromatic rings. The molecule has 8 heteroatoms. The van der Waals surface area contributed by atoms with Crippen molar-refractivity contribution in [3.63, 3.8) is 0 Å². The minimum absolute atomic E-state index is 0.191. The van der Waals surface area contributed by atoms with Crippen LogP contribution in [-0.4, -0.2) is 44.5 Å². The van der Waals surface area contributed by atoms with Crippen molar-refractivity contribution < 1.29 is 18.0 Å². The van der Waals surface area contributed by atoms with Gasteiger partial charge in [0.1, 0.15) is 0 Å². The summed E-state index contributed by atoms with van der Waals surface area (Å²) in [6, 6.07) is 3.89. The minimum atomic E-state index is -3.44. The van der Waals surface area contributed by atoms with Crippen LogP contribution in [0.25, 0.3) is 0 Å². The fraction of sp³-hybridized carbons (Fsp3) is 0.286. The van der Waals surface area contributed by atoms with Crippen molar-refractivity contribution in [1.82, 2.24) is 10.2 Å². The molecular weight excluding hydrogens is 328 g/mol. The predicted molar refractivity (Wildman–Crippen MR) is 82.2 cm³/mol. The second kappa shape index (κ2) is 6.10. The summed E-state index contributed by atoms with van der Waals surface area (Å²) >= 11 is 5.92. The number of nitrogens with one attached hydrogen (secondary N) is 1. The Labute approximate surface area is 133 Å². The van der Waals surface area contributed by atoms with Gasteiger partial charge in [0, 0.05) is 12.1 Å². The Morgan fingerprint density at radius 2 is 2.18 bits per heavy atom. The first-order valence-electron chi connectivity index (χ1n) is 6.44. The zero-order valence-electron chi connectivity index (χ0n) is 11.9. The smallest absolute Gasteiger partial charge is 0.243 e. The summed E-state index contributed by atoms with van der Waals surface area (Å²) in [7, 11) is -1.94. The van der Waals surface area contributed by atoms with Crippen molar-refractivity contribution >= 4 is 33.3 Å². The fourth-order valence-corrected chi connectivity index (χ4v) is 4.31. The number of hydrogen-bond acceptors (Lipinski definition) is 4. The molecule has 0 aliphatic carbocycles. The number of nitrogens with zero attached hydrogens (tertiary/aromatic N) is 1. The molecule has 6 nitrogen and oxygen atoms in total. The van der Waals surface area contributed by atoms with Crippen LogP contribution >= 0.6 is 11.6 Å². The summed E-state index contributed by atoms with van der Waals surface area (Å²) in [6.45, 7) is 3.06. The van der Waals surface area contributed by atoms with Crippen LogP contribution in [0.5, 0.6) is 0 Å². The highest BCUT2D eigenvalue weighted by Crippen LogP contribution is 2.37. The lowest BCUT2D eigenvalue weighted by atomic mass is 10.1. The highest BCUT2D eigenvalue weighted by Gasteiger charge is 2.38. The van der Waals surface area contributed by atoms with Gasteiger partial charge in [-0.15, -0.1) is 0 Å². The van der Waals surface area contributed by atoms with Gasteiger partial charge in [0.15, 0.2) is 9.84 Å². The van der Waals surface area contributed by atoms with Crippen molar-refractivity contribution in [3.8, 4) is 0 Å². The van der Waals surface area contributed by atoms with E-state index in [9.17, 15) is 18.0 Å². The topological polar surface area (TPSA) is 83.6 Å². The number of fused-ring (bicyclic) bond motifs is 1. The van der Waals surface area contributed by atoms with Crippen LogP contribution < -0.4 is 5.32 Å². The molecule has 0 aromatic heterocycles. The Hall–Kier alpha value is -1.86. The van der Waals surface area contributed by atoms with Gasteiger partial charge in [0.2, 0.25) is 11.8 Å². The summed E-state index contributed by atoms with van der Waals surface area (Å²) in [5.41, 5.74) is 0.499. The molecular formula is C14H15ClN2O4S. The fourth-order valence-electron chi connectivity index (χ4n) is 2.30. The van der Waals surface area contributed by atoms with Gasteiger partial charge in [-0.05, 0) is 29.8 Å². The van der Waals surface area contributed by atoms with Gasteiger partial charge < -0.3 is 10.2 Å². The van der Waals surface area contributed by atoms with E-state index in [0.29, 0.717) is 10.6 Å². The highest BCUT2D eigenvalue weighted by atomic mass is 35.5. The van der Waals surface area contributed by atoms with E-state index >= 15 is 0 Å². The van der Waals surface area contributed by atoms with E-state index in [4.69, 9.17) is 11.6 Å². The summed E-state index contributed by atoms with van der Waals surface area (Å²) in [6.07, 6.45) is 1.06. The zero-order valence-corrected chi connectivity index (χ0v) is 13.4. The van der Waals surface area contributed by atoms with E-state index in [1.54, 1.807) is 6.07 Å². The number of amides is 2. The number of hydrogen-bond donors (Lipinski definition) is 1. The molecule has 1 atom stereocenters. The van der Waals surface area contributed by atoms with Crippen LogP contribution in [-0.2, 0) is 19.4 Å². The Morgan fingerprint density at radius 3 is 2.82 bits per heavy atom. The molecule has 0 spiro atoms. The van der Waals surface area contributed by atoms with Crippen LogP contribution in [0.3, 0.4) is 0 Å². The van der Waals surface area contributed by atoms with Crippen molar-refractivity contribution in [1.29, 1.82) is 0 Å². The van der Waals surface area contributed by atoms with Crippen LogP contribution in [0.2, 0.25) is 5.02 Å². The lowest BCUT2D eigenvalue weighted by Gasteiger charge is -2.24. The molecule has 0 radical (unpaired) electrons. The van der Waals surface area contributed by atoms with Gasteiger partial charge in [0.25, 0.3) is 0 Å². The first kappa shape index (κ1) is 16.5. The standard InChI is InChI=1S/C14H15ClN2O4S/c1-3-13(18)16-7-14(19)17(2)11-8-22(20,21)12-5-4-9(15)6-10(11)12/h3-6,11H,1,7-8H2,2H3,(H,16,18). The van der Waals surface area contributed by atoms with E-state index in [2.05, 4.69) is 11.9 Å². The van der Waals surface area contributed by atoms with Crippen LogP contribution in [0.4, 0.5) is 0 Å². The maximum absolute atomic E-state index is 12.2. The first-order valence-corrected chi connectivity index (χ1v) is 8.47. The molecule has 1 aliphatic heterocycles. The lowest BCUT2D eigenvalue weighted by molar-refractivity contribution is -0.132. The first-order chi connectivity index (χ1) is 10.3. The number of rotatable bonds is 4. The van der Waals surface area contributed by atoms with Gasteiger partial charge in [-0.2, -0.15) is 0 Å². The molecule has 1 heterocycles. The average Bonchev–Trinajstić information content (AvgIpc) is 2.74. The van der Waals surface area contributed by atoms with Gasteiger partial charge in [-0.25, -0.2) is 8.42 Å². The third kappa shape index (κ3) is 3.15. The third-order valence-electron chi connectivity index (χ3n) is 3.50. The number of benzene rings is 1. The van der Waals surface area contributed by atoms with Gasteiger partial charge in [0.05, 0.1) is 23.2 Å². The molecule has 1 aliphatic rings. The van der Waals surface area contributed by atoms with Crippen molar-refractivity contribution in [3.05, 3.63) is 41.4 Å².